The van der Waals surface area contributed by atoms with Crippen LogP contribution in [0.4, 0.5) is 4.39 Å². The maximum atomic E-state index is 13.6. The molecule has 0 aliphatic heterocycles. The summed E-state index contributed by atoms with van der Waals surface area (Å²) in [5.74, 6) is -1.27. The van der Waals surface area contributed by atoms with Crippen molar-refractivity contribution in [2.45, 2.75) is 6.61 Å². The van der Waals surface area contributed by atoms with E-state index in [1.54, 1.807) is 6.07 Å². The van der Waals surface area contributed by atoms with Crippen LogP contribution >= 0.6 is 15.9 Å². The Labute approximate surface area is 113 Å². The number of ether oxygens (including phenoxy) is 1. The standard InChI is InChI=1S/C14H10BrFO2/c15-12-8-4-7-11(13(12)16)14(17)18-9-10-5-2-1-3-6-10/h1-8H,9H2. The van der Waals surface area contributed by atoms with E-state index < -0.39 is 11.8 Å². The molecular weight excluding hydrogens is 299 g/mol. The summed E-state index contributed by atoms with van der Waals surface area (Å²) in [6, 6.07) is 13.8. The Kier molecular flexibility index (Phi) is 4.10. The third kappa shape index (κ3) is 2.96. The molecule has 0 fully saturated rings. The largest absolute Gasteiger partial charge is 0.457 e. The van der Waals surface area contributed by atoms with E-state index in [4.69, 9.17) is 4.74 Å². The monoisotopic (exact) mass is 308 g/mol. The van der Waals surface area contributed by atoms with E-state index in [0.29, 0.717) is 0 Å². The van der Waals surface area contributed by atoms with Crippen molar-refractivity contribution >= 4 is 21.9 Å². The minimum atomic E-state index is -0.669. The zero-order valence-corrected chi connectivity index (χ0v) is 11.0. The van der Waals surface area contributed by atoms with Gasteiger partial charge in [-0.2, -0.15) is 0 Å². The zero-order chi connectivity index (χ0) is 13.0. The number of rotatable bonds is 3. The van der Waals surface area contributed by atoms with E-state index in [1.165, 1.54) is 12.1 Å². The van der Waals surface area contributed by atoms with Crippen molar-refractivity contribution in [2.75, 3.05) is 0 Å². The Hall–Kier alpha value is -1.68. The van der Waals surface area contributed by atoms with Crippen LogP contribution in [0.1, 0.15) is 15.9 Å². The maximum absolute atomic E-state index is 13.6. The molecule has 0 amide bonds. The molecule has 0 aliphatic carbocycles. The molecule has 0 aliphatic rings. The van der Waals surface area contributed by atoms with Gasteiger partial charge in [-0.25, -0.2) is 9.18 Å². The lowest BCUT2D eigenvalue weighted by atomic mass is 10.2. The van der Waals surface area contributed by atoms with Crippen molar-refractivity contribution < 1.29 is 13.9 Å². The summed E-state index contributed by atoms with van der Waals surface area (Å²) in [6.45, 7) is 0.131. The first-order valence-corrected chi connectivity index (χ1v) is 6.13. The molecule has 0 spiro atoms. The molecule has 0 aromatic heterocycles. The number of benzene rings is 2. The molecule has 0 heterocycles. The molecule has 2 nitrogen and oxygen atoms in total. The first-order valence-electron chi connectivity index (χ1n) is 5.33. The van der Waals surface area contributed by atoms with E-state index in [9.17, 15) is 9.18 Å². The number of hydrogen-bond donors (Lipinski definition) is 0. The molecule has 2 rings (SSSR count). The molecule has 0 N–H and O–H groups in total. The van der Waals surface area contributed by atoms with Gasteiger partial charge in [0.25, 0.3) is 0 Å². The predicted molar refractivity (Wildman–Crippen MR) is 69.7 cm³/mol. The minimum Gasteiger partial charge on any atom is -0.457 e. The van der Waals surface area contributed by atoms with E-state index in [0.717, 1.165) is 5.56 Å². The molecule has 92 valence electrons. The molecule has 2 aromatic carbocycles. The quantitative estimate of drug-likeness (QED) is 0.803. The Morgan fingerprint density at radius 1 is 1.11 bits per heavy atom. The smallest absolute Gasteiger partial charge is 0.341 e. The van der Waals surface area contributed by atoms with Gasteiger partial charge in [-0.1, -0.05) is 36.4 Å². The van der Waals surface area contributed by atoms with Gasteiger partial charge in [0, 0.05) is 0 Å². The Morgan fingerprint density at radius 2 is 1.83 bits per heavy atom. The number of carbonyl (C=O) groups is 1. The van der Waals surface area contributed by atoms with Gasteiger partial charge in [0.2, 0.25) is 0 Å². The van der Waals surface area contributed by atoms with Crippen molar-refractivity contribution in [2.24, 2.45) is 0 Å². The minimum absolute atomic E-state index is 0.0692. The highest BCUT2D eigenvalue weighted by Crippen LogP contribution is 2.19. The van der Waals surface area contributed by atoms with Crippen LogP contribution in [0.5, 0.6) is 0 Å². The normalized spacial score (nSPS) is 10.1. The fourth-order valence-corrected chi connectivity index (χ4v) is 1.83. The zero-order valence-electron chi connectivity index (χ0n) is 9.40. The highest BCUT2D eigenvalue weighted by Gasteiger charge is 2.15. The average molecular weight is 309 g/mol. The number of hydrogen-bond acceptors (Lipinski definition) is 2. The van der Waals surface area contributed by atoms with Gasteiger partial charge >= 0.3 is 5.97 Å². The summed E-state index contributed by atoms with van der Waals surface area (Å²) in [5.41, 5.74) is 0.793. The van der Waals surface area contributed by atoms with Gasteiger partial charge in [-0.3, -0.25) is 0 Å². The summed E-state index contributed by atoms with van der Waals surface area (Å²) in [6.07, 6.45) is 0. The van der Waals surface area contributed by atoms with Gasteiger partial charge in [-0.05, 0) is 33.6 Å². The third-order valence-electron chi connectivity index (χ3n) is 2.38. The van der Waals surface area contributed by atoms with E-state index in [-0.39, 0.29) is 16.6 Å². The van der Waals surface area contributed by atoms with Crippen LogP contribution in [0.3, 0.4) is 0 Å². The number of halogens is 2. The van der Waals surface area contributed by atoms with Gasteiger partial charge in [0.05, 0.1) is 10.0 Å². The number of esters is 1. The summed E-state index contributed by atoms with van der Waals surface area (Å²) in [4.78, 5) is 11.7. The molecule has 2 aromatic rings. The van der Waals surface area contributed by atoms with Crippen LogP contribution in [-0.4, -0.2) is 5.97 Å². The second kappa shape index (κ2) is 5.78. The Morgan fingerprint density at radius 3 is 2.56 bits per heavy atom. The van der Waals surface area contributed by atoms with Crippen molar-refractivity contribution in [3.05, 3.63) is 69.9 Å². The molecule has 0 bridgehead atoms. The molecule has 0 saturated heterocycles. The Balaban J connectivity index is 2.07. The third-order valence-corrected chi connectivity index (χ3v) is 3.00. The predicted octanol–water partition coefficient (Wildman–Crippen LogP) is 3.95. The van der Waals surface area contributed by atoms with Crippen LogP contribution < -0.4 is 0 Å². The summed E-state index contributed by atoms with van der Waals surface area (Å²) in [5, 5.41) is 0. The highest BCUT2D eigenvalue weighted by molar-refractivity contribution is 9.10. The molecule has 0 saturated carbocycles. The van der Waals surface area contributed by atoms with Gasteiger partial charge in [0.1, 0.15) is 6.61 Å². The van der Waals surface area contributed by atoms with E-state index in [2.05, 4.69) is 15.9 Å². The second-order valence-corrected chi connectivity index (χ2v) is 4.52. The van der Waals surface area contributed by atoms with Crippen LogP contribution in [0, 0.1) is 5.82 Å². The molecule has 0 atom stereocenters. The Bertz CT molecular complexity index is 555. The SMILES string of the molecule is O=C(OCc1ccccc1)c1cccc(Br)c1F. The van der Waals surface area contributed by atoms with Gasteiger partial charge < -0.3 is 4.74 Å². The van der Waals surface area contributed by atoms with E-state index in [1.807, 2.05) is 30.3 Å². The fraction of sp³-hybridized carbons (Fsp3) is 0.0714. The fourth-order valence-electron chi connectivity index (χ4n) is 1.46. The molecule has 0 radical (unpaired) electrons. The van der Waals surface area contributed by atoms with Crippen LogP contribution in [0.25, 0.3) is 0 Å². The van der Waals surface area contributed by atoms with Crippen molar-refractivity contribution in [1.82, 2.24) is 0 Å². The number of carbonyl (C=O) groups excluding carboxylic acids is 1. The van der Waals surface area contributed by atoms with Crippen molar-refractivity contribution in [3.8, 4) is 0 Å². The second-order valence-electron chi connectivity index (χ2n) is 3.66. The first-order chi connectivity index (χ1) is 8.68. The molecule has 4 heteroatoms. The maximum Gasteiger partial charge on any atom is 0.341 e. The topological polar surface area (TPSA) is 26.3 Å². The lowest BCUT2D eigenvalue weighted by Gasteiger charge is -2.06. The lowest BCUT2D eigenvalue weighted by Crippen LogP contribution is -2.07. The molecule has 0 unspecified atom stereocenters. The van der Waals surface area contributed by atoms with Gasteiger partial charge in [-0.15, -0.1) is 0 Å². The summed E-state index contributed by atoms with van der Waals surface area (Å²) in [7, 11) is 0. The van der Waals surface area contributed by atoms with Crippen molar-refractivity contribution in [3.63, 3.8) is 0 Å². The average Bonchev–Trinajstić information content (AvgIpc) is 2.40. The summed E-state index contributed by atoms with van der Waals surface area (Å²) >= 11 is 3.03. The van der Waals surface area contributed by atoms with Gasteiger partial charge in [0.15, 0.2) is 5.82 Å². The first kappa shape index (κ1) is 12.8. The van der Waals surface area contributed by atoms with Crippen LogP contribution in [0.2, 0.25) is 0 Å². The molecule has 18 heavy (non-hydrogen) atoms. The lowest BCUT2D eigenvalue weighted by molar-refractivity contribution is 0.0467. The van der Waals surface area contributed by atoms with Crippen LogP contribution in [-0.2, 0) is 11.3 Å². The highest BCUT2D eigenvalue weighted by atomic mass is 79.9. The summed E-state index contributed by atoms with van der Waals surface area (Å²) < 4.78 is 18.9. The van der Waals surface area contributed by atoms with Crippen LogP contribution in [0.15, 0.2) is 53.0 Å². The van der Waals surface area contributed by atoms with Crippen molar-refractivity contribution in [1.29, 1.82) is 0 Å². The molecular formula is C14H10BrFO2. The van der Waals surface area contributed by atoms with E-state index >= 15 is 0 Å².